The van der Waals surface area contributed by atoms with Gasteiger partial charge in [-0.2, -0.15) is 0 Å². The Morgan fingerprint density at radius 3 is 1.12 bits per heavy atom. The molecule has 0 bridgehead atoms. The minimum absolute atomic E-state index is 0.0383. The molecule has 13 nitrogen and oxygen atoms in total. The Morgan fingerprint density at radius 1 is 0.355 bits per heavy atom. The molecule has 76 heavy (non-hydrogen) atoms. The number of hydrogen-bond donors (Lipinski definition) is 5. The summed E-state index contributed by atoms with van der Waals surface area (Å²) in [5.74, 6) is -0.500. The standard InChI is InChI=1S/C63H116O13/c1-4-7-10-31-40-55(65)41-32-25-19-13-16-23-29-38-47-62(70)75-60(43-34-12-9-6-3)45-36-27-21-15-18-24-30-39-48-63(71)76-59(42-33-11-8-5-2)44-35-26-20-14-17-22-28-37-46-61(69)74-54-58(68)53-73-52-57(67)51-72-50-56(66)49-64/h25-27,32,35-36,55-60,64-68H,4-24,28-31,33-34,37-54H2,1-3H3/b32-25+,35-26+,36-27+. The molecule has 0 radical (unpaired) electrons. The first kappa shape index (κ1) is 73.3. The van der Waals surface area contributed by atoms with Gasteiger partial charge in [0.05, 0.1) is 39.1 Å². The summed E-state index contributed by atoms with van der Waals surface area (Å²) in [6, 6.07) is 0. The van der Waals surface area contributed by atoms with Gasteiger partial charge in [-0.25, -0.2) is 0 Å². The maximum Gasteiger partial charge on any atom is 0.306 e. The molecule has 0 saturated heterocycles. The molecule has 0 aliphatic carbocycles. The van der Waals surface area contributed by atoms with Gasteiger partial charge in [0.25, 0.3) is 0 Å². The third-order valence-electron chi connectivity index (χ3n) is 13.6. The Balaban J connectivity index is 4.25. The van der Waals surface area contributed by atoms with Gasteiger partial charge in [0.15, 0.2) is 0 Å². The van der Waals surface area contributed by atoms with E-state index >= 15 is 0 Å². The third-order valence-corrected chi connectivity index (χ3v) is 13.6. The Hall–Kier alpha value is -2.65. The first-order chi connectivity index (χ1) is 37.0. The summed E-state index contributed by atoms with van der Waals surface area (Å²) in [4.78, 5) is 37.7. The molecule has 0 aromatic heterocycles. The predicted octanol–water partition coefficient (Wildman–Crippen LogP) is 13.8. The van der Waals surface area contributed by atoms with E-state index in [1.54, 1.807) is 0 Å². The number of carbonyl (C=O) groups is 3. The Morgan fingerprint density at radius 2 is 0.697 bits per heavy atom. The van der Waals surface area contributed by atoms with E-state index in [1.807, 2.05) is 0 Å². The molecule has 6 unspecified atom stereocenters. The maximum absolute atomic E-state index is 12.9. The summed E-state index contributed by atoms with van der Waals surface area (Å²) in [5.41, 5.74) is 0. The smallest absolute Gasteiger partial charge is 0.306 e. The number of ether oxygens (including phenoxy) is 5. The maximum atomic E-state index is 12.9. The van der Waals surface area contributed by atoms with E-state index < -0.39 is 24.9 Å². The van der Waals surface area contributed by atoms with Crippen molar-refractivity contribution in [3.8, 4) is 0 Å². The first-order valence-corrected chi connectivity index (χ1v) is 31.0. The van der Waals surface area contributed by atoms with Crippen molar-refractivity contribution in [2.75, 3.05) is 39.6 Å². The lowest BCUT2D eigenvalue weighted by molar-refractivity contribution is -0.150. The van der Waals surface area contributed by atoms with Crippen molar-refractivity contribution in [1.29, 1.82) is 0 Å². The Bertz CT molecular complexity index is 1370. The van der Waals surface area contributed by atoms with Gasteiger partial charge in [-0.15, -0.1) is 0 Å². The van der Waals surface area contributed by atoms with Gasteiger partial charge in [0.1, 0.15) is 37.1 Å². The number of hydrogen-bond acceptors (Lipinski definition) is 13. The SMILES string of the molecule is CCCCCCC(O)C/C=C/CCCCCCCC(=O)OC(C/C=C/CCCCCCCC(=O)OC(C/C=C/CCCCCCCC(=O)OCC(O)COCC(O)COCC(O)CO)CCCCCC)CCCCCC. The van der Waals surface area contributed by atoms with Crippen molar-refractivity contribution in [2.24, 2.45) is 0 Å². The van der Waals surface area contributed by atoms with Crippen LogP contribution in [0.3, 0.4) is 0 Å². The highest BCUT2D eigenvalue weighted by Crippen LogP contribution is 2.18. The molecule has 0 aliphatic rings. The second kappa shape index (κ2) is 57.0. The molecule has 6 atom stereocenters. The second-order valence-electron chi connectivity index (χ2n) is 21.4. The van der Waals surface area contributed by atoms with Gasteiger partial charge in [-0.1, -0.05) is 179 Å². The average Bonchev–Trinajstić information content (AvgIpc) is 3.40. The van der Waals surface area contributed by atoms with Crippen molar-refractivity contribution < 1.29 is 63.6 Å². The fourth-order valence-electron chi connectivity index (χ4n) is 8.84. The summed E-state index contributed by atoms with van der Waals surface area (Å²) in [5, 5.41) is 47.9. The van der Waals surface area contributed by atoms with Crippen LogP contribution in [0.4, 0.5) is 0 Å². The molecular weight excluding hydrogens is 965 g/mol. The molecule has 0 heterocycles. The minimum atomic E-state index is -1.01. The molecule has 13 heteroatoms. The minimum Gasteiger partial charge on any atom is -0.463 e. The number of allylic oxidation sites excluding steroid dienone is 3. The first-order valence-electron chi connectivity index (χ1n) is 31.0. The molecule has 5 N–H and O–H groups in total. The van der Waals surface area contributed by atoms with Crippen LogP contribution in [-0.2, 0) is 38.1 Å². The van der Waals surface area contributed by atoms with Crippen molar-refractivity contribution in [1.82, 2.24) is 0 Å². The highest BCUT2D eigenvalue weighted by atomic mass is 16.6. The van der Waals surface area contributed by atoms with Crippen LogP contribution in [0, 0.1) is 0 Å². The number of aliphatic hydroxyl groups is 5. The molecule has 0 rings (SSSR count). The topological polar surface area (TPSA) is 199 Å². The summed E-state index contributed by atoms with van der Waals surface area (Å²) < 4.78 is 27.4. The van der Waals surface area contributed by atoms with E-state index in [0.29, 0.717) is 12.8 Å². The molecule has 0 aromatic rings. The van der Waals surface area contributed by atoms with Crippen LogP contribution in [0.25, 0.3) is 0 Å². The summed E-state index contributed by atoms with van der Waals surface area (Å²) >= 11 is 0. The summed E-state index contributed by atoms with van der Waals surface area (Å²) in [6.45, 7) is 5.64. The molecule has 0 saturated carbocycles. The molecule has 0 aliphatic heterocycles. The fourth-order valence-corrected chi connectivity index (χ4v) is 8.84. The fraction of sp³-hybridized carbons (Fsp3) is 0.857. The zero-order chi connectivity index (χ0) is 55.8. The van der Waals surface area contributed by atoms with E-state index in [2.05, 4.69) is 57.2 Å². The summed E-state index contributed by atoms with van der Waals surface area (Å²) in [6.07, 6.45) is 48.8. The van der Waals surface area contributed by atoms with Crippen molar-refractivity contribution in [3.05, 3.63) is 36.5 Å². The number of aliphatic hydroxyl groups excluding tert-OH is 5. The van der Waals surface area contributed by atoms with Crippen LogP contribution in [-0.4, -0.2) is 120 Å². The van der Waals surface area contributed by atoms with E-state index in [-0.39, 0.29) is 75.7 Å². The number of esters is 3. The predicted molar refractivity (Wildman–Crippen MR) is 308 cm³/mol. The highest BCUT2D eigenvalue weighted by molar-refractivity contribution is 5.70. The number of rotatable bonds is 58. The average molecular weight is 1080 g/mol. The zero-order valence-electron chi connectivity index (χ0n) is 48.8. The molecule has 0 amide bonds. The lowest BCUT2D eigenvalue weighted by Crippen LogP contribution is -2.29. The van der Waals surface area contributed by atoms with Crippen molar-refractivity contribution >= 4 is 17.9 Å². The Labute approximate surface area is 463 Å². The normalized spacial score (nSPS) is 14.4. The van der Waals surface area contributed by atoms with Gasteiger partial charge >= 0.3 is 17.9 Å². The van der Waals surface area contributed by atoms with Crippen LogP contribution in [0.15, 0.2) is 36.5 Å². The molecule has 0 fully saturated rings. The summed E-state index contributed by atoms with van der Waals surface area (Å²) in [7, 11) is 0. The third kappa shape index (κ3) is 53.4. The molecular formula is C63H116O13. The monoisotopic (exact) mass is 1080 g/mol. The largest absolute Gasteiger partial charge is 0.463 e. The number of carbonyl (C=O) groups excluding carboxylic acids is 3. The second-order valence-corrected chi connectivity index (χ2v) is 21.4. The van der Waals surface area contributed by atoms with Crippen LogP contribution in [0.1, 0.15) is 271 Å². The molecule has 446 valence electrons. The molecule has 0 aromatic carbocycles. The number of unbranched alkanes of at least 4 members (excludes halogenated alkanes) is 24. The van der Waals surface area contributed by atoms with Gasteiger partial charge in [0, 0.05) is 32.1 Å². The Kier molecular flexibility index (Phi) is 55.1. The van der Waals surface area contributed by atoms with Crippen LogP contribution in [0.2, 0.25) is 0 Å². The van der Waals surface area contributed by atoms with Crippen molar-refractivity contribution in [3.63, 3.8) is 0 Å². The van der Waals surface area contributed by atoms with E-state index in [1.165, 1.54) is 57.8 Å². The lowest BCUT2D eigenvalue weighted by atomic mass is 10.0. The van der Waals surface area contributed by atoms with E-state index in [4.69, 9.17) is 28.8 Å². The van der Waals surface area contributed by atoms with Crippen LogP contribution < -0.4 is 0 Å². The van der Waals surface area contributed by atoms with Crippen LogP contribution in [0.5, 0.6) is 0 Å². The van der Waals surface area contributed by atoms with Crippen molar-refractivity contribution in [2.45, 2.75) is 308 Å². The van der Waals surface area contributed by atoms with Gasteiger partial charge in [-0.05, 0) is 96.3 Å². The lowest BCUT2D eigenvalue weighted by Gasteiger charge is -2.17. The quantitative estimate of drug-likeness (QED) is 0.0167. The van der Waals surface area contributed by atoms with E-state index in [0.717, 1.165) is 173 Å². The van der Waals surface area contributed by atoms with Crippen LogP contribution >= 0.6 is 0 Å². The van der Waals surface area contributed by atoms with Gasteiger partial charge in [0.2, 0.25) is 0 Å². The molecule has 0 spiro atoms. The highest BCUT2D eigenvalue weighted by Gasteiger charge is 2.16. The van der Waals surface area contributed by atoms with Gasteiger partial charge < -0.3 is 49.2 Å². The van der Waals surface area contributed by atoms with Gasteiger partial charge in [-0.3, -0.25) is 14.4 Å². The van der Waals surface area contributed by atoms with E-state index in [9.17, 15) is 34.8 Å². The zero-order valence-corrected chi connectivity index (χ0v) is 48.8.